The van der Waals surface area contributed by atoms with Crippen molar-refractivity contribution in [3.05, 3.63) is 36.2 Å². The molecule has 2 N–H and O–H groups in total. The number of pyridine rings is 2. The Labute approximate surface area is 223 Å². The Morgan fingerprint density at radius 2 is 1.79 bits per heavy atom. The minimum Gasteiger partial charge on any atom is -0.444 e. The fourth-order valence-electron chi connectivity index (χ4n) is 5.20. The van der Waals surface area contributed by atoms with Crippen molar-refractivity contribution in [1.82, 2.24) is 24.6 Å². The molecule has 0 radical (unpaired) electrons. The number of aromatic nitrogens is 4. The molecule has 10 heteroatoms. The van der Waals surface area contributed by atoms with Crippen molar-refractivity contribution >= 4 is 40.4 Å². The normalized spacial score (nSPS) is 17.2. The second-order valence-corrected chi connectivity index (χ2v) is 12.8. The molecule has 2 fully saturated rings. The summed E-state index contributed by atoms with van der Waals surface area (Å²) in [5.74, 6) is 1.83. The molecule has 202 valence electrons. The lowest BCUT2D eigenvalue weighted by atomic mass is 9.61. The number of nitrogens with zero attached hydrogens (tertiary/aromatic N) is 5. The van der Waals surface area contributed by atoms with Gasteiger partial charge in [-0.15, -0.1) is 5.10 Å². The summed E-state index contributed by atoms with van der Waals surface area (Å²) in [5.41, 5.74) is 0.694. The summed E-state index contributed by atoms with van der Waals surface area (Å²) in [4.78, 5) is 36.2. The van der Waals surface area contributed by atoms with Gasteiger partial charge >= 0.3 is 6.09 Å². The highest BCUT2D eigenvalue weighted by Gasteiger charge is 2.54. The third-order valence-electron chi connectivity index (χ3n) is 6.98. The number of hydrogen-bond donors (Lipinski definition) is 2. The Bertz CT molecular complexity index is 1390. The van der Waals surface area contributed by atoms with E-state index >= 15 is 0 Å². The number of aryl methyl sites for hydroxylation is 1. The monoisotopic (exact) mass is 519 g/mol. The predicted octanol–water partition coefficient (Wildman–Crippen LogP) is 5.38. The van der Waals surface area contributed by atoms with Crippen LogP contribution in [0.25, 0.3) is 10.9 Å². The van der Waals surface area contributed by atoms with Gasteiger partial charge in [0, 0.05) is 59.4 Å². The van der Waals surface area contributed by atoms with Gasteiger partial charge in [0.1, 0.15) is 17.2 Å². The summed E-state index contributed by atoms with van der Waals surface area (Å²) >= 11 is 0. The van der Waals surface area contributed by atoms with E-state index < -0.39 is 11.0 Å². The summed E-state index contributed by atoms with van der Waals surface area (Å²) in [6, 6.07) is 7.88. The molecule has 3 aromatic rings. The quantitative estimate of drug-likeness (QED) is 0.472. The van der Waals surface area contributed by atoms with E-state index in [1.807, 2.05) is 72.7 Å². The van der Waals surface area contributed by atoms with Crippen LogP contribution in [0.4, 0.5) is 22.2 Å². The maximum atomic E-state index is 12.8. The molecule has 1 amide bonds. The highest BCUT2D eigenvalue weighted by molar-refractivity contribution is 5.91. The number of amides is 1. The van der Waals surface area contributed by atoms with Gasteiger partial charge < -0.3 is 20.3 Å². The van der Waals surface area contributed by atoms with Gasteiger partial charge in [-0.05, 0) is 52.7 Å². The number of nitrogens with one attached hydrogen (secondary N) is 2. The van der Waals surface area contributed by atoms with Crippen molar-refractivity contribution in [2.45, 2.75) is 73.0 Å². The maximum Gasteiger partial charge on any atom is 0.410 e. The molecule has 2 aliphatic rings. The SMILES string of the molecule is Cc1cc(Nc2cc3ncccc3c(NC3CC4(C3)CN(C(=O)OC(C)(C)C)C4)n2)nn1C(=O)C(C)(C)C. The van der Waals surface area contributed by atoms with E-state index in [9.17, 15) is 9.59 Å². The Balaban J connectivity index is 1.28. The Morgan fingerprint density at radius 1 is 1.08 bits per heavy atom. The first kappa shape index (κ1) is 25.9. The second kappa shape index (κ2) is 8.96. The van der Waals surface area contributed by atoms with Gasteiger partial charge in [0.05, 0.1) is 5.52 Å². The highest BCUT2D eigenvalue weighted by atomic mass is 16.6. The van der Waals surface area contributed by atoms with E-state index in [0.29, 0.717) is 11.6 Å². The molecule has 0 unspecified atom stereocenters. The molecule has 1 saturated carbocycles. The molecular formula is C28H37N7O3. The molecule has 0 atom stereocenters. The molecule has 3 aromatic heterocycles. The highest BCUT2D eigenvalue weighted by Crippen LogP contribution is 2.49. The Morgan fingerprint density at radius 3 is 2.45 bits per heavy atom. The molecule has 1 spiro atoms. The smallest absolute Gasteiger partial charge is 0.410 e. The first-order valence-electron chi connectivity index (χ1n) is 13.1. The first-order valence-corrected chi connectivity index (χ1v) is 13.1. The third kappa shape index (κ3) is 5.16. The zero-order valence-corrected chi connectivity index (χ0v) is 23.3. The lowest BCUT2D eigenvalue weighted by molar-refractivity contribution is -0.0738. The number of carbonyl (C=O) groups is 2. The number of hydrogen-bond acceptors (Lipinski definition) is 8. The average molecular weight is 520 g/mol. The van der Waals surface area contributed by atoms with Crippen LogP contribution in [0.15, 0.2) is 30.5 Å². The fraction of sp³-hybridized carbons (Fsp3) is 0.536. The van der Waals surface area contributed by atoms with E-state index in [0.717, 1.165) is 48.3 Å². The van der Waals surface area contributed by atoms with Gasteiger partial charge in [-0.25, -0.2) is 14.5 Å². The van der Waals surface area contributed by atoms with Crippen molar-refractivity contribution in [2.24, 2.45) is 10.8 Å². The standard InChI is InChI=1S/C28H37N7O3/c1-17-11-22(33-35(17)24(36)26(2,3)4)31-21-12-20-19(9-8-10-29-20)23(32-21)30-18-13-28(14-18)15-34(16-28)25(37)38-27(5,6)7/h8-12,18H,13-16H2,1-7H3,(H2,30,31,32,33). The second-order valence-electron chi connectivity index (χ2n) is 12.8. The van der Waals surface area contributed by atoms with Crippen LogP contribution in [0.1, 0.15) is 64.9 Å². The molecule has 10 nitrogen and oxygen atoms in total. The molecule has 1 saturated heterocycles. The number of likely N-dealkylation sites (tertiary alicyclic amines) is 1. The Kier molecular flexibility index (Phi) is 6.11. The van der Waals surface area contributed by atoms with E-state index in [4.69, 9.17) is 9.72 Å². The van der Waals surface area contributed by atoms with Crippen molar-refractivity contribution in [1.29, 1.82) is 0 Å². The number of rotatable bonds is 4. The molecular weight excluding hydrogens is 482 g/mol. The number of fused-ring (bicyclic) bond motifs is 1. The fourth-order valence-corrected chi connectivity index (χ4v) is 5.20. The Hall–Kier alpha value is -3.69. The van der Waals surface area contributed by atoms with Crippen LogP contribution in [0.5, 0.6) is 0 Å². The van der Waals surface area contributed by atoms with Gasteiger partial charge in [-0.3, -0.25) is 9.78 Å². The predicted molar refractivity (Wildman–Crippen MR) is 147 cm³/mol. The zero-order valence-electron chi connectivity index (χ0n) is 23.3. The van der Waals surface area contributed by atoms with Crippen molar-refractivity contribution in [3.63, 3.8) is 0 Å². The van der Waals surface area contributed by atoms with Crippen LogP contribution in [0.2, 0.25) is 0 Å². The first-order chi connectivity index (χ1) is 17.7. The van der Waals surface area contributed by atoms with E-state index in [2.05, 4.69) is 20.7 Å². The summed E-state index contributed by atoms with van der Waals surface area (Å²) in [7, 11) is 0. The van der Waals surface area contributed by atoms with Gasteiger partial charge in [0.2, 0.25) is 0 Å². The molecule has 0 bridgehead atoms. The number of anilines is 3. The summed E-state index contributed by atoms with van der Waals surface area (Å²) in [6.45, 7) is 14.6. The van der Waals surface area contributed by atoms with E-state index in [1.165, 1.54) is 4.68 Å². The zero-order chi connectivity index (χ0) is 27.5. The molecule has 5 rings (SSSR count). The van der Waals surface area contributed by atoms with E-state index in [1.54, 1.807) is 11.1 Å². The molecule has 1 aliphatic carbocycles. The summed E-state index contributed by atoms with van der Waals surface area (Å²) in [5, 5.41) is 12.3. The molecule has 4 heterocycles. The van der Waals surface area contributed by atoms with Crippen LogP contribution in [0.3, 0.4) is 0 Å². The molecule has 1 aliphatic heterocycles. The number of carbonyl (C=O) groups excluding carboxylic acids is 2. The topological polar surface area (TPSA) is 114 Å². The number of ether oxygens (including phenoxy) is 1. The lowest BCUT2D eigenvalue weighted by Gasteiger charge is -2.58. The van der Waals surface area contributed by atoms with Gasteiger partial charge in [0.15, 0.2) is 5.82 Å². The largest absolute Gasteiger partial charge is 0.444 e. The van der Waals surface area contributed by atoms with Gasteiger partial charge in [-0.2, -0.15) is 0 Å². The molecule has 38 heavy (non-hydrogen) atoms. The van der Waals surface area contributed by atoms with Crippen molar-refractivity contribution < 1.29 is 14.3 Å². The molecule has 0 aromatic carbocycles. The van der Waals surface area contributed by atoms with Crippen LogP contribution in [0, 0.1) is 17.8 Å². The van der Waals surface area contributed by atoms with Gasteiger partial charge in [-0.1, -0.05) is 20.8 Å². The van der Waals surface area contributed by atoms with Crippen molar-refractivity contribution in [3.8, 4) is 0 Å². The van der Waals surface area contributed by atoms with Crippen LogP contribution in [-0.4, -0.2) is 61.4 Å². The maximum absolute atomic E-state index is 12.8. The van der Waals surface area contributed by atoms with E-state index in [-0.39, 0.29) is 23.5 Å². The lowest BCUT2D eigenvalue weighted by Crippen LogP contribution is -2.66. The minimum absolute atomic E-state index is 0.0707. The van der Waals surface area contributed by atoms with Crippen molar-refractivity contribution in [2.75, 3.05) is 23.7 Å². The summed E-state index contributed by atoms with van der Waals surface area (Å²) in [6.07, 6.45) is 3.45. The van der Waals surface area contributed by atoms with Gasteiger partial charge in [0.25, 0.3) is 5.91 Å². The van der Waals surface area contributed by atoms with Crippen LogP contribution >= 0.6 is 0 Å². The summed E-state index contributed by atoms with van der Waals surface area (Å²) < 4.78 is 6.94. The van der Waals surface area contributed by atoms with Crippen LogP contribution in [-0.2, 0) is 4.74 Å². The van der Waals surface area contributed by atoms with Crippen LogP contribution < -0.4 is 10.6 Å². The third-order valence-corrected chi connectivity index (χ3v) is 6.98. The minimum atomic E-state index is -0.541. The average Bonchev–Trinajstić information content (AvgIpc) is 3.11.